The predicted octanol–water partition coefficient (Wildman–Crippen LogP) is 2.88. The van der Waals surface area contributed by atoms with Gasteiger partial charge in [0.15, 0.2) is 0 Å². The number of nitrogens with zero attached hydrogens (tertiary/aromatic N) is 3. The highest BCUT2D eigenvalue weighted by Crippen LogP contribution is 2.30. The Balaban J connectivity index is 1.86. The molecule has 1 atom stereocenters. The summed E-state index contributed by atoms with van der Waals surface area (Å²) < 4.78 is 42.7. The summed E-state index contributed by atoms with van der Waals surface area (Å²) in [5.74, 6) is 0.623. The molecule has 7 nitrogen and oxygen atoms in total. The van der Waals surface area contributed by atoms with E-state index >= 15 is 0 Å². The third-order valence-electron chi connectivity index (χ3n) is 3.44. The van der Waals surface area contributed by atoms with E-state index in [4.69, 9.17) is 4.74 Å². The fourth-order valence-electron chi connectivity index (χ4n) is 2.11. The van der Waals surface area contributed by atoms with Crippen LogP contribution in [0.5, 0.6) is 5.75 Å². The number of aliphatic hydroxyl groups excluding tert-OH is 1. The summed E-state index contributed by atoms with van der Waals surface area (Å²) in [6.07, 6.45) is -4.26. The number of nitro groups is 1. The number of benzene rings is 1. The maximum atomic E-state index is 12.5. The Morgan fingerprint density at radius 2 is 1.92 bits per heavy atom. The van der Waals surface area contributed by atoms with Crippen LogP contribution in [-0.4, -0.2) is 41.3 Å². The second-order valence-corrected chi connectivity index (χ2v) is 5.50. The number of alkyl halides is 3. The number of hydrogen-bond donors (Lipinski definition) is 1. The van der Waals surface area contributed by atoms with E-state index in [0.29, 0.717) is 5.82 Å². The van der Waals surface area contributed by atoms with Crippen LogP contribution in [0, 0.1) is 10.1 Å². The molecule has 2 aromatic rings. The number of likely N-dealkylation sites (N-methyl/N-ethyl adjacent to an activating group) is 1. The van der Waals surface area contributed by atoms with E-state index in [0.717, 1.165) is 18.3 Å². The maximum Gasteiger partial charge on any atom is 0.416 e. The van der Waals surface area contributed by atoms with E-state index in [9.17, 15) is 28.4 Å². The molecule has 1 N–H and O–H groups in total. The van der Waals surface area contributed by atoms with Gasteiger partial charge in [-0.15, -0.1) is 0 Å². The molecule has 0 saturated carbocycles. The van der Waals surface area contributed by atoms with Gasteiger partial charge in [0.25, 0.3) is 5.69 Å². The van der Waals surface area contributed by atoms with Crippen molar-refractivity contribution in [3.63, 3.8) is 0 Å². The summed E-state index contributed by atoms with van der Waals surface area (Å²) in [5.41, 5.74) is -0.928. The van der Waals surface area contributed by atoms with Crippen molar-refractivity contribution in [3.05, 3.63) is 58.3 Å². The molecule has 140 valence electrons. The van der Waals surface area contributed by atoms with Crippen LogP contribution >= 0.6 is 0 Å². The van der Waals surface area contributed by atoms with Crippen LogP contribution in [0.1, 0.15) is 5.56 Å². The molecular formula is C16H16F3N3O4. The van der Waals surface area contributed by atoms with Crippen molar-refractivity contribution >= 4 is 11.5 Å². The molecular weight excluding hydrogens is 355 g/mol. The summed E-state index contributed by atoms with van der Waals surface area (Å²) in [5, 5.41) is 20.6. The first-order chi connectivity index (χ1) is 12.2. The summed E-state index contributed by atoms with van der Waals surface area (Å²) in [6.45, 7) is -0.0197. The molecule has 1 heterocycles. The summed E-state index contributed by atoms with van der Waals surface area (Å²) >= 11 is 0. The van der Waals surface area contributed by atoms with Gasteiger partial charge in [-0.25, -0.2) is 4.98 Å². The molecule has 0 aliphatic carbocycles. The minimum absolute atomic E-state index is 0.117. The van der Waals surface area contributed by atoms with E-state index in [1.807, 2.05) is 0 Å². The molecule has 0 aliphatic rings. The van der Waals surface area contributed by atoms with Crippen molar-refractivity contribution in [2.45, 2.75) is 12.3 Å². The van der Waals surface area contributed by atoms with Crippen molar-refractivity contribution in [2.75, 3.05) is 25.1 Å². The van der Waals surface area contributed by atoms with E-state index < -0.39 is 22.8 Å². The van der Waals surface area contributed by atoms with Gasteiger partial charge in [-0.2, -0.15) is 13.2 Å². The first kappa shape index (κ1) is 19.4. The second kappa shape index (κ2) is 8.00. The van der Waals surface area contributed by atoms with Gasteiger partial charge in [0, 0.05) is 19.7 Å². The Kier molecular flexibility index (Phi) is 5.98. The first-order valence-corrected chi connectivity index (χ1v) is 7.46. The largest absolute Gasteiger partial charge is 0.491 e. The molecule has 0 saturated heterocycles. The number of rotatable bonds is 7. The molecule has 2 rings (SSSR count). The Morgan fingerprint density at radius 3 is 2.42 bits per heavy atom. The van der Waals surface area contributed by atoms with Gasteiger partial charge >= 0.3 is 6.18 Å². The van der Waals surface area contributed by atoms with Crippen molar-refractivity contribution < 1.29 is 27.9 Å². The Hall–Kier alpha value is -2.88. The Labute approximate surface area is 146 Å². The first-order valence-electron chi connectivity index (χ1n) is 7.46. The zero-order valence-corrected chi connectivity index (χ0v) is 13.7. The standard InChI is InChI=1S/C16H16F3N3O4/c1-21(15-7-4-12(8-20-15)22(24)25)9-13(23)10-26-14-5-2-11(3-6-14)16(17,18)19/h2-8,13,23H,9-10H2,1H3/t13-/m1/s1. The van der Waals surface area contributed by atoms with Crippen LogP contribution in [0.2, 0.25) is 0 Å². The van der Waals surface area contributed by atoms with Gasteiger partial charge in [-0.05, 0) is 30.3 Å². The SMILES string of the molecule is CN(C[C@@H](O)COc1ccc(C(F)(F)F)cc1)c1ccc([N+](=O)[O-])cn1. The molecule has 0 spiro atoms. The van der Waals surface area contributed by atoms with E-state index in [2.05, 4.69) is 4.98 Å². The quantitative estimate of drug-likeness (QED) is 0.595. The third-order valence-corrected chi connectivity index (χ3v) is 3.44. The maximum absolute atomic E-state index is 12.5. The monoisotopic (exact) mass is 371 g/mol. The van der Waals surface area contributed by atoms with Crippen LogP contribution in [0.15, 0.2) is 42.6 Å². The number of pyridine rings is 1. The number of halogens is 3. The summed E-state index contributed by atoms with van der Waals surface area (Å²) in [7, 11) is 1.63. The second-order valence-electron chi connectivity index (χ2n) is 5.50. The van der Waals surface area contributed by atoms with Crippen molar-refractivity contribution in [3.8, 4) is 5.75 Å². The lowest BCUT2D eigenvalue weighted by Crippen LogP contribution is -2.33. The average Bonchev–Trinajstić information content (AvgIpc) is 2.59. The van der Waals surface area contributed by atoms with Gasteiger partial charge in [-0.3, -0.25) is 10.1 Å². The van der Waals surface area contributed by atoms with Crippen LogP contribution in [0.3, 0.4) is 0 Å². The van der Waals surface area contributed by atoms with Crippen molar-refractivity contribution in [2.24, 2.45) is 0 Å². The summed E-state index contributed by atoms with van der Waals surface area (Å²) in [6, 6.07) is 6.89. The molecule has 0 amide bonds. The molecule has 0 unspecified atom stereocenters. The van der Waals surface area contributed by atoms with Crippen LogP contribution in [-0.2, 0) is 6.18 Å². The molecule has 10 heteroatoms. The molecule has 0 radical (unpaired) electrons. The zero-order valence-electron chi connectivity index (χ0n) is 13.7. The smallest absolute Gasteiger partial charge is 0.416 e. The van der Waals surface area contributed by atoms with Gasteiger partial charge in [-0.1, -0.05) is 0 Å². The van der Waals surface area contributed by atoms with Gasteiger partial charge in [0.1, 0.15) is 30.5 Å². The van der Waals surface area contributed by atoms with Gasteiger partial charge < -0.3 is 14.7 Å². The Bertz CT molecular complexity index is 736. The lowest BCUT2D eigenvalue weighted by molar-refractivity contribution is -0.385. The predicted molar refractivity (Wildman–Crippen MR) is 87.1 cm³/mol. The fraction of sp³-hybridized carbons (Fsp3) is 0.312. The van der Waals surface area contributed by atoms with E-state index in [1.165, 1.54) is 24.3 Å². The van der Waals surface area contributed by atoms with Crippen molar-refractivity contribution in [1.82, 2.24) is 4.98 Å². The van der Waals surface area contributed by atoms with Crippen molar-refractivity contribution in [1.29, 1.82) is 0 Å². The number of anilines is 1. The van der Waals surface area contributed by atoms with Crippen LogP contribution in [0.25, 0.3) is 0 Å². The lowest BCUT2D eigenvalue weighted by atomic mass is 10.2. The highest BCUT2D eigenvalue weighted by Gasteiger charge is 2.30. The highest BCUT2D eigenvalue weighted by atomic mass is 19.4. The molecule has 0 bridgehead atoms. The molecule has 1 aromatic carbocycles. The van der Waals surface area contributed by atoms with E-state index in [1.54, 1.807) is 11.9 Å². The average molecular weight is 371 g/mol. The number of ether oxygens (including phenoxy) is 1. The number of aliphatic hydroxyl groups is 1. The number of hydrogen-bond acceptors (Lipinski definition) is 6. The molecule has 1 aromatic heterocycles. The van der Waals surface area contributed by atoms with Gasteiger partial charge in [0.2, 0.25) is 0 Å². The topological polar surface area (TPSA) is 88.7 Å². The van der Waals surface area contributed by atoms with E-state index in [-0.39, 0.29) is 24.6 Å². The molecule has 0 aliphatic heterocycles. The number of aromatic nitrogens is 1. The lowest BCUT2D eigenvalue weighted by Gasteiger charge is -2.21. The molecule has 0 fully saturated rings. The minimum atomic E-state index is -4.42. The zero-order chi connectivity index (χ0) is 19.3. The third kappa shape index (κ3) is 5.31. The summed E-state index contributed by atoms with van der Waals surface area (Å²) in [4.78, 5) is 15.5. The fourth-order valence-corrected chi connectivity index (χ4v) is 2.11. The molecule has 26 heavy (non-hydrogen) atoms. The Morgan fingerprint density at radius 1 is 1.27 bits per heavy atom. The van der Waals surface area contributed by atoms with Gasteiger partial charge in [0.05, 0.1) is 10.5 Å². The van der Waals surface area contributed by atoms with Crippen LogP contribution < -0.4 is 9.64 Å². The van der Waals surface area contributed by atoms with Crippen LogP contribution in [0.4, 0.5) is 24.7 Å². The minimum Gasteiger partial charge on any atom is -0.491 e. The normalized spacial score (nSPS) is 12.5. The highest BCUT2D eigenvalue weighted by molar-refractivity contribution is 5.42.